The van der Waals surface area contributed by atoms with Crippen molar-refractivity contribution < 1.29 is 14.6 Å². The molecule has 1 amide bonds. The molecule has 5 heteroatoms. The number of hydrogen-bond donors (Lipinski definition) is 2. The van der Waals surface area contributed by atoms with Gasteiger partial charge in [-0.25, -0.2) is 4.98 Å². The molecule has 0 saturated heterocycles. The minimum atomic E-state index is -0.522. The fourth-order valence-electron chi connectivity index (χ4n) is 1.84. The first kappa shape index (κ1) is 17.4. The van der Waals surface area contributed by atoms with Gasteiger partial charge in [0.2, 0.25) is 5.88 Å². The summed E-state index contributed by atoms with van der Waals surface area (Å²) in [5.41, 5.74) is 0.486. The molecule has 0 radical (unpaired) electrons. The van der Waals surface area contributed by atoms with E-state index >= 15 is 0 Å². The normalized spacial score (nSPS) is 13.8. The van der Waals surface area contributed by atoms with Crippen molar-refractivity contribution >= 4 is 5.91 Å². The van der Waals surface area contributed by atoms with Gasteiger partial charge < -0.3 is 15.2 Å². The molecule has 0 fully saturated rings. The van der Waals surface area contributed by atoms with Crippen LogP contribution >= 0.6 is 0 Å². The van der Waals surface area contributed by atoms with Crippen molar-refractivity contribution in [3.8, 4) is 5.88 Å². The van der Waals surface area contributed by atoms with Crippen LogP contribution in [0.3, 0.4) is 0 Å². The maximum absolute atomic E-state index is 12.0. The summed E-state index contributed by atoms with van der Waals surface area (Å²) in [6, 6.07) is 3.25. The van der Waals surface area contributed by atoms with Gasteiger partial charge in [0.25, 0.3) is 5.91 Å². The van der Waals surface area contributed by atoms with E-state index in [2.05, 4.69) is 10.3 Å². The van der Waals surface area contributed by atoms with Crippen LogP contribution in [0.4, 0.5) is 0 Å². The van der Waals surface area contributed by atoms with Crippen LogP contribution in [-0.2, 0) is 0 Å². The van der Waals surface area contributed by atoms with Crippen LogP contribution in [0, 0.1) is 5.92 Å². The second kappa shape index (κ2) is 8.62. The van der Waals surface area contributed by atoms with Gasteiger partial charge in [-0.2, -0.15) is 0 Å². The molecule has 0 aromatic carbocycles. The number of carbonyl (C=O) groups is 1. The standard InChI is InChI=1S/C16H26N2O3/c1-5-12(4)21-15-9-13(6-7-17-15)16(20)18-10-14(19)8-11(2)3/h6-7,9,11-12,14,19H,5,8,10H2,1-4H3,(H,18,20). The Hall–Kier alpha value is -1.62. The number of aromatic nitrogens is 1. The molecule has 2 N–H and O–H groups in total. The molecule has 0 saturated carbocycles. The Morgan fingerprint density at radius 3 is 2.76 bits per heavy atom. The van der Waals surface area contributed by atoms with Crippen LogP contribution < -0.4 is 10.1 Å². The van der Waals surface area contributed by atoms with Gasteiger partial charge in [-0.15, -0.1) is 0 Å². The lowest BCUT2D eigenvalue weighted by molar-refractivity contribution is 0.0899. The second-order valence-electron chi connectivity index (χ2n) is 5.71. The van der Waals surface area contributed by atoms with Crippen LogP contribution in [-0.4, -0.2) is 34.8 Å². The van der Waals surface area contributed by atoms with Gasteiger partial charge in [0.15, 0.2) is 0 Å². The maximum Gasteiger partial charge on any atom is 0.251 e. The van der Waals surface area contributed by atoms with E-state index in [-0.39, 0.29) is 18.6 Å². The zero-order valence-corrected chi connectivity index (χ0v) is 13.3. The van der Waals surface area contributed by atoms with Gasteiger partial charge in [-0.3, -0.25) is 4.79 Å². The fraction of sp³-hybridized carbons (Fsp3) is 0.625. The molecule has 1 heterocycles. The summed E-state index contributed by atoms with van der Waals surface area (Å²) in [7, 11) is 0. The zero-order valence-electron chi connectivity index (χ0n) is 13.3. The topological polar surface area (TPSA) is 71.5 Å². The van der Waals surface area contributed by atoms with Crippen molar-refractivity contribution in [1.82, 2.24) is 10.3 Å². The minimum Gasteiger partial charge on any atom is -0.475 e. The molecule has 0 aliphatic rings. The van der Waals surface area contributed by atoms with E-state index in [9.17, 15) is 9.90 Å². The Labute approximate surface area is 126 Å². The van der Waals surface area contributed by atoms with Gasteiger partial charge >= 0.3 is 0 Å². The molecular formula is C16H26N2O3. The van der Waals surface area contributed by atoms with E-state index in [0.29, 0.717) is 23.8 Å². The number of hydrogen-bond acceptors (Lipinski definition) is 4. The molecule has 1 aromatic rings. The second-order valence-corrected chi connectivity index (χ2v) is 5.71. The summed E-state index contributed by atoms with van der Waals surface area (Å²) >= 11 is 0. The van der Waals surface area contributed by atoms with Crippen molar-refractivity contribution in [1.29, 1.82) is 0 Å². The molecule has 21 heavy (non-hydrogen) atoms. The Bertz CT molecular complexity index is 449. The molecule has 1 aromatic heterocycles. The molecule has 2 atom stereocenters. The summed E-state index contributed by atoms with van der Waals surface area (Å²) in [6.45, 7) is 8.30. The Morgan fingerprint density at radius 2 is 2.14 bits per heavy atom. The third kappa shape index (κ3) is 6.58. The highest BCUT2D eigenvalue weighted by atomic mass is 16.5. The predicted molar refractivity (Wildman–Crippen MR) is 82.4 cm³/mol. The smallest absolute Gasteiger partial charge is 0.251 e. The minimum absolute atomic E-state index is 0.0590. The van der Waals surface area contributed by atoms with Crippen LogP contribution in [0.2, 0.25) is 0 Å². The van der Waals surface area contributed by atoms with Gasteiger partial charge in [0, 0.05) is 24.4 Å². The average molecular weight is 294 g/mol. The highest BCUT2D eigenvalue weighted by molar-refractivity contribution is 5.94. The quantitative estimate of drug-likeness (QED) is 0.772. The zero-order chi connectivity index (χ0) is 15.8. The van der Waals surface area contributed by atoms with Crippen molar-refractivity contribution in [2.45, 2.75) is 52.7 Å². The third-order valence-electron chi connectivity index (χ3n) is 3.14. The first-order valence-electron chi connectivity index (χ1n) is 7.51. The molecular weight excluding hydrogens is 268 g/mol. The molecule has 1 rings (SSSR count). The first-order valence-corrected chi connectivity index (χ1v) is 7.51. The molecule has 0 aliphatic heterocycles. The van der Waals surface area contributed by atoms with Crippen molar-refractivity contribution in [3.63, 3.8) is 0 Å². The Kier molecular flexibility index (Phi) is 7.15. The summed E-state index contributed by atoms with van der Waals surface area (Å²) in [5.74, 6) is 0.613. The lowest BCUT2D eigenvalue weighted by Gasteiger charge is -2.14. The van der Waals surface area contributed by atoms with Gasteiger partial charge in [-0.1, -0.05) is 20.8 Å². The number of pyridine rings is 1. The van der Waals surface area contributed by atoms with E-state index in [0.717, 1.165) is 6.42 Å². The number of aliphatic hydroxyl groups is 1. The Morgan fingerprint density at radius 1 is 1.43 bits per heavy atom. The number of carbonyl (C=O) groups excluding carboxylic acids is 1. The largest absolute Gasteiger partial charge is 0.475 e. The maximum atomic E-state index is 12.0. The average Bonchev–Trinajstić information content (AvgIpc) is 2.44. The van der Waals surface area contributed by atoms with Crippen molar-refractivity contribution in [2.24, 2.45) is 5.92 Å². The van der Waals surface area contributed by atoms with E-state index in [1.807, 2.05) is 27.7 Å². The predicted octanol–water partition coefficient (Wildman–Crippen LogP) is 2.40. The number of aliphatic hydroxyl groups excluding tert-OH is 1. The van der Waals surface area contributed by atoms with E-state index in [1.165, 1.54) is 0 Å². The van der Waals surface area contributed by atoms with E-state index < -0.39 is 6.10 Å². The number of nitrogens with one attached hydrogen (secondary N) is 1. The van der Waals surface area contributed by atoms with Crippen molar-refractivity contribution in [2.75, 3.05) is 6.54 Å². The van der Waals surface area contributed by atoms with Crippen LogP contribution in [0.1, 0.15) is 50.9 Å². The first-order chi connectivity index (χ1) is 9.92. The molecule has 5 nitrogen and oxygen atoms in total. The fourth-order valence-corrected chi connectivity index (χ4v) is 1.84. The van der Waals surface area contributed by atoms with Gasteiger partial charge in [0.05, 0.1) is 12.2 Å². The molecule has 0 bridgehead atoms. The van der Waals surface area contributed by atoms with Gasteiger partial charge in [-0.05, 0) is 31.7 Å². The molecule has 0 aliphatic carbocycles. The summed E-state index contributed by atoms with van der Waals surface area (Å²) in [4.78, 5) is 16.1. The summed E-state index contributed by atoms with van der Waals surface area (Å²) in [5, 5.41) is 12.5. The molecule has 118 valence electrons. The monoisotopic (exact) mass is 294 g/mol. The lowest BCUT2D eigenvalue weighted by Crippen LogP contribution is -2.32. The highest BCUT2D eigenvalue weighted by Gasteiger charge is 2.12. The summed E-state index contributed by atoms with van der Waals surface area (Å²) in [6.07, 6.45) is 2.63. The third-order valence-corrected chi connectivity index (χ3v) is 3.14. The Balaban J connectivity index is 2.56. The van der Waals surface area contributed by atoms with Crippen LogP contribution in [0.15, 0.2) is 18.3 Å². The molecule has 0 spiro atoms. The molecule has 2 unspecified atom stereocenters. The summed E-state index contributed by atoms with van der Waals surface area (Å²) < 4.78 is 5.59. The number of rotatable bonds is 8. The van der Waals surface area contributed by atoms with Crippen LogP contribution in [0.5, 0.6) is 5.88 Å². The number of ether oxygens (including phenoxy) is 1. The lowest BCUT2D eigenvalue weighted by atomic mass is 10.1. The van der Waals surface area contributed by atoms with Crippen molar-refractivity contribution in [3.05, 3.63) is 23.9 Å². The number of nitrogens with zero attached hydrogens (tertiary/aromatic N) is 1. The highest BCUT2D eigenvalue weighted by Crippen LogP contribution is 2.12. The van der Waals surface area contributed by atoms with E-state index in [1.54, 1.807) is 18.3 Å². The number of amides is 1. The van der Waals surface area contributed by atoms with E-state index in [4.69, 9.17) is 4.74 Å². The SMILES string of the molecule is CCC(C)Oc1cc(C(=O)NCC(O)CC(C)C)ccn1. The van der Waals surface area contributed by atoms with Crippen LogP contribution in [0.25, 0.3) is 0 Å². The van der Waals surface area contributed by atoms with Gasteiger partial charge in [0.1, 0.15) is 0 Å².